The first-order valence-electron chi connectivity index (χ1n) is 7.48. The summed E-state index contributed by atoms with van der Waals surface area (Å²) >= 11 is 0. The Labute approximate surface area is 136 Å². The minimum Gasteiger partial charge on any atom is -0.497 e. The summed E-state index contributed by atoms with van der Waals surface area (Å²) in [5, 5.41) is 0. The Balaban J connectivity index is 1.99. The van der Waals surface area contributed by atoms with E-state index in [1.54, 1.807) is 17.0 Å². The van der Waals surface area contributed by atoms with Gasteiger partial charge in [0.1, 0.15) is 12.4 Å². The maximum atomic E-state index is 12.6. The third-order valence-corrected chi connectivity index (χ3v) is 5.63. The molecule has 0 saturated carbocycles. The lowest BCUT2D eigenvalue weighted by atomic mass is 10.3. The van der Waals surface area contributed by atoms with E-state index in [2.05, 4.69) is 0 Å². The number of hydrogen-bond donors (Lipinski definition) is 0. The standard InChI is InChI=1S/C15H22N2O5S/c1-3-22-12-15(18)16-8-10-17(11-9-16)23(19,20)14-6-4-13(21-2)5-7-14/h4-7H,3,8-12H2,1-2H3. The molecule has 0 N–H and O–H groups in total. The van der Waals surface area contributed by atoms with Gasteiger partial charge in [-0.3, -0.25) is 4.79 Å². The van der Waals surface area contributed by atoms with Crippen LogP contribution in [-0.4, -0.2) is 70.0 Å². The van der Waals surface area contributed by atoms with Crippen LogP contribution in [0.15, 0.2) is 29.2 Å². The van der Waals surface area contributed by atoms with Gasteiger partial charge in [0, 0.05) is 32.8 Å². The fourth-order valence-corrected chi connectivity index (χ4v) is 3.78. The minimum absolute atomic E-state index is 0.0434. The lowest BCUT2D eigenvalue weighted by Crippen LogP contribution is -2.51. The van der Waals surface area contributed by atoms with E-state index >= 15 is 0 Å². The normalized spacial score (nSPS) is 16.3. The average molecular weight is 342 g/mol. The molecule has 0 aromatic heterocycles. The molecule has 0 bridgehead atoms. The van der Waals surface area contributed by atoms with Gasteiger partial charge in [-0.2, -0.15) is 4.31 Å². The molecule has 128 valence electrons. The molecule has 0 spiro atoms. The van der Waals surface area contributed by atoms with Crippen molar-refractivity contribution in [1.29, 1.82) is 0 Å². The van der Waals surface area contributed by atoms with Crippen LogP contribution in [0.4, 0.5) is 0 Å². The zero-order chi connectivity index (χ0) is 16.9. The monoisotopic (exact) mass is 342 g/mol. The van der Waals surface area contributed by atoms with Crippen molar-refractivity contribution in [2.45, 2.75) is 11.8 Å². The van der Waals surface area contributed by atoms with Gasteiger partial charge in [0.25, 0.3) is 0 Å². The molecule has 8 heteroatoms. The first-order valence-corrected chi connectivity index (χ1v) is 8.92. The summed E-state index contributed by atoms with van der Waals surface area (Å²) in [6.07, 6.45) is 0. The molecule has 2 rings (SSSR count). The van der Waals surface area contributed by atoms with Crippen LogP contribution in [0.25, 0.3) is 0 Å². The Hall–Kier alpha value is -1.64. The van der Waals surface area contributed by atoms with Crippen LogP contribution >= 0.6 is 0 Å². The lowest BCUT2D eigenvalue weighted by Gasteiger charge is -2.34. The molecule has 1 aromatic rings. The molecule has 0 unspecified atom stereocenters. The number of nitrogens with zero attached hydrogens (tertiary/aromatic N) is 2. The summed E-state index contributed by atoms with van der Waals surface area (Å²) in [6.45, 7) is 3.67. The van der Waals surface area contributed by atoms with Crippen molar-refractivity contribution in [2.24, 2.45) is 0 Å². The number of benzene rings is 1. The number of carbonyl (C=O) groups excluding carboxylic acids is 1. The molecular weight excluding hydrogens is 320 g/mol. The Morgan fingerprint density at radius 2 is 1.74 bits per heavy atom. The molecule has 1 saturated heterocycles. The molecule has 1 fully saturated rings. The molecule has 0 atom stereocenters. The number of ether oxygens (including phenoxy) is 2. The summed E-state index contributed by atoms with van der Waals surface area (Å²) in [6, 6.07) is 6.30. The second kappa shape index (κ2) is 7.76. The topological polar surface area (TPSA) is 76.2 Å². The first-order chi connectivity index (χ1) is 11.0. The summed E-state index contributed by atoms with van der Waals surface area (Å²) < 4.78 is 36.7. The zero-order valence-corrected chi connectivity index (χ0v) is 14.2. The number of methoxy groups -OCH3 is 1. The highest BCUT2D eigenvalue weighted by Gasteiger charge is 2.29. The van der Waals surface area contributed by atoms with E-state index in [4.69, 9.17) is 9.47 Å². The van der Waals surface area contributed by atoms with Gasteiger partial charge in [-0.05, 0) is 31.2 Å². The number of hydrogen-bond acceptors (Lipinski definition) is 5. The molecular formula is C15H22N2O5S. The van der Waals surface area contributed by atoms with E-state index in [1.165, 1.54) is 23.5 Å². The number of carbonyl (C=O) groups is 1. The summed E-state index contributed by atoms with van der Waals surface area (Å²) in [7, 11) is -2.01. The Morgan fingerprint density at radius 3 is 2.26 bits per heavy atom. The summed E-state index contributed by atoms with van der Waals surface area (Å²) in [5.74, 6) is 0.503. The predicted octanol–water partition coefficient (Wildman–Crippen LogP) is 0.565. The van der Waals surface area contributed by atoms with Crippen molar-refractivity contribution in [1.82, 2.24) is 9.21 Å². The minimum atomic E-state index is -3.54. The molecule has 0 radical (unpaired) electrons. The highest BCUT2D eigenvalue weighted by Crippen LogP contribution is 2.20. The van der Waals surface area contributed by atoms with Crippen LogP contribution in [0.1, 0.15) is 6.92 Å². The van der Waals surface area contributed by atoms with Gasteiger partial charge in [0.2, 0.25) is 15.9 Å². The molecule has 1 heterocycles. The molecule has 7 nitrogen and oxygen atoms in total. The van der Waals surface area contributed by atoms with Crippen molar-refractivity contribution in [2.75, 3.05) is 46.5 Å². The van der Waals surface area contributed by atoms with Crippen molar-refractivity contribution >= 4 is 15.9 Å². The van der Waals surface area contributed by atoms with Crippen molar-refractivity contribution < 1.29 is 22.7 Å². The zero-order valence-electron chi connectivity index (χ0n) is 13.4. The Bertz CT molecular complexity index is 622. The van der Waals surface area contributed by atoms with Crippen LogP contribution in [0.3, 0.4) is 0 Å². The second-order valence-corrected chi connectivity index (χ2v) is 7.04. The molecule has 1 amide bonds. The smallest absolute Gasteiger partial charge is 0.248 e. The van der Waals surface area contributed by atoms with Crippen molar-refractivity contribution in [3.8, 4) is 5.75 Å². The van der Waals surface area contributed by atoms with Gasteiger partial charge >= 0.3 is 0 Å². The molecule has 1 aliphatic heterocycles. The van der Waals surface area contributed by atoms with Gasteiger partial charge in [-0.15, -0.1) is 0 Å². The number of sulfonamides is 1. The quantitative estimate of drug-likeness (QED) is 0.755. The number of amides is 1. The third-order valence-electron chi connectivity index (χ3n) is 3.72. The largest absolute Gasteiger partial charge is 0.497 e. The van der Waals surface area contributed by atoms with Crippen LogP contribution < -0.4 is 4.74 Å². The van der Waals surface area contributed by atoms with E-state index in [1.807, 2.05) is 6.92 Å². The molecule has 0 aliphatic carbocycles. The number of rotatable bonds is 6. The van der Waals surface area contributed by atoms with Gasteiger partial charge in [-0.25, -0.2) is 8.42 Å². The van der Waals surface area contributed by atoms with E-state index in [0.717, 1.165) is 0 Å². The van der Waals surface area contributed by atoms with Crippen LogP contribution in [0, 0.1) is 0 Å². The highest BCUT2D eigenvalue weighted by atomic mass is 32.2. The maximum absolute atomic E-state index is 12.6. The van der Waals surface area contributed by atoms with Crippen molar-refractivity contribution in [3.63, 3.8) is 0 Å². The highest BCUT2D eigenvalue weighted by molar-refractivity contribution is 7.89. The van der Waals surface area contributed by atoms with Gasteiger partial charge < -0.3 is 14.4 Å². The Morgan fingerprint density at radius 1 is 1.13 bits per heavy atom. The van der Waals surface area contributed by atoms with Crippen LogP contribution in [0.2, 0.25) is 0 Å². The fourth-order valence-electron chi connectivity index (χ4n) is 2.36. The Kier molecular flexibility index (Phi) is 5.97. The van der Waals surface area contributed by atoms with Gasteiger partial charge in [-0.1, -0.05) is 0 Å². The molecule has 1 aliphatic rings. The van der Waals surface area contributed by atoms with Crippen molar-refractivity contribution in [3.05, 3.63) is 24.3 Å². The summed E-state index contributed by atoms with van der Waals surface area (Å²) in [4.78, 5) is 13.7. The molecule has 1 aromatic carbocycles. The van der Waals surface area contributed by atoms with Crippen LogP contribution in [0.5, 0.6) is 5.75 Å². The van der Waals surface area contributed by atoms with Gasteiger partial charge in [0.15, 0.2) is 0 Å². The summed E-state index contributed by atoms with van der Waals surface area (Å²) in [5.41, 5.74) is 0. The maximum Gasteiger partial charge on any atom is 0.248 e. The van der Waals surface area contributed by atoms with Crippen LogP contribution in [-0.2, 0) is 19.6 Å². The first kappa shape index (κ1) is 17.7. The van der Waals surface area contributed by atoms with E-state index in [9.17, 15) is 13.2 Å². The lowest BCUT2D eigenvalue weighted by molar-refractivity contribution is -0.137. The van der Waals surface area contributed by atoms with E-state index in [-0.39, 0.29) is 30.5 Å². The van der Waals surface area contributed by atoms with Gasteiger partial charge in [0.05, 0.1) is 12.0 Å². The fraction of sp³-hybridized carbons (Fsp3) is 0.533. The molecule has 23 heavy (non-hydrogen) atoms. The third kappa shape index (κ3) is 4.21. The number of piperazine rings is 1. The van der Waals surface area contributed by atoms with E-state index in [0.29, 0.717) is 25.4 Å². The predicted molar refractivity (Wildman–Crippen MR) is 84.8 cm³/mol. The average Bonchev–Trinajstić information content (AvgIpc) is 2.59. The SMILES string of the molecule is CCOCC(=O)N1CCN(S(=O)(=O)c2ccc(OC)cc2)CC1. The second-order valence-electron chi connectivity index (χ2n) is 5.10. The van der Waals surface area contributed by atoms with E-state index < -0.39 is 10.0 Å².